The fourth-order valence-corrected chi connectivity index (χ4v) is 2.59. The molecular weight excluding hydrogens is 288 g/mol. The summed E-state index contributed by atoms with van der Waals surface area (Å²) in [4.78, 5) is 23.5. The second kappa shape index (κ2) is 5.53. The zero-order valence-electron chi connectivity index (χ0n) is 12.3. The maximum absolute atomic E-state index is 12.1. The molecule has 0 radical (unpaired) electrons. The number of aromatic nitrogens is 4. The highest BCUT2D eigenvalue weighted by atomic mass is 16.1. The van der Waals surface area contributed by atoms with E-state index >= 15 is 0 Å². The number of benzene rings is 1. The first-order valence-electron chi connectivity index (χ1n) is 7.36. The Hall–Kier alpha value is -3.21. The van der Waals surface area contributed by atoms with Gasteiger partial charge in [0.25, 0.3) is 5.56 Å². The normalized spacial score (nSPS) is 11.0. The number of hydrogen-bond donors (Lipinski definition) is 1. The van der Waals surface area contributed by atoms with E-state index in [1.165, 1.54) is 0 Å². The summed E-state index contributed by atoms with van der Waals surface area (Å²) in [6.07, 6.45) is 6.21. The first-order valence-corrected chi connectivity index (χ1v) is 7.36. The molecule has 0 bridgehead atoms. The Kier molecular flexibility index (Phi) is 3.24. The van der Waals surface area contributed by atoms with Gasteiger partial charge < -0.3 is 9.55 Å². The van der Waals surface area contributed by atoms with Crippen molar-refractivity contribution in [2.24, 2.45) is 0 Å². The molecule has 0 unspecified atom stereocenters. The molecule has 1 aromatic carbocycles. The Morgan fingerprint density at radius 2 is 1.78 bits per heavy atom. The Balaban J connectivity index is 1.64. The third kappa shape index (κ3) is 2.64. The van der Waals surface area contributed by atoms with Crippen LogP contribution in [0.1, 0.15) is 11.4 Å². The molecule has 0 aliphatic rings. The van der Waals surface area contributed by atoms with Gasteiger partial charge in [-0.25, -0.2) is 9.97 Å². The predicted octanol–water partition coefficient (Wildman–Crippen LogP) is 2.70. The van der Waals surface area contributed by atoms with Crippen LogP contribution in [0.4, 0.5) is 0 Å². The number of pyridine rings is 1. The van der Waals surface area contributed by atoms with Crippen LogP contribution in [0.5, 0.6) is 0 Å². The number of rotatable bonds is 3. The van der Waals surface area contributed by atoms with Crippen LogP contribution in [-0.4, -0.2) is 19.5 Å². The molecule has 3 aromatic heterocycles. The van der Waals surface area contributed by atoms with Crippen LogP contribution in [0, 0.1) is 0 Å². The highest BCUT2D eigenvalue weighted by Gasteiger charge is 2.05. The van der Waals surface area contributed by atoms with Gasteiger partial charge in [-0.2, -0.15) is 0 Å². The Bertz CT molecular complexity index is 1000. The molecule has 5 heteroatoms. The lowest BCUT2D eigenvalue weighted by Crippen LogP contribution is -2.12. The maximum Gasteiger partial charge on any atom is 0.260 e. The van der Waals surface area contributed by atoms with E-state index in [2.05, 4.69) is 15.0 Å². The molecular formula is C18H14N4O. The van der Waals surface area contributed by atoms with Gasteiger partial charge >= 0.3 is 0 Å². The van der Waals surface area contributed by atoms with Crippen LogP contribution in [0.25, 0.3) is 16.7 Å². The van der Waals surface area contributed by atoms with E-state index in [1.54, 1.807) is 18.3 Å². The van der Waals surface area contributed by atoms with Crippen molar-refractivity contribution in [3.05, 3.63) is 88.9 Å². The highest BCUT2D eigenvalue weighted by Crippen LogP contribution is 2.12. The summed E-state index contributed by atoms with van der Waals surface area (Å²) < 4.78 is 2.05. The van der Waals surface area contributed by atoms with Crippen LogP contribution in [0.3, 0.4) is 0 Å². The highest BCUT2D eigenvalue weighted by molar-refractivity contribution is 5.72. The van der Waals surface area contributed by atoms with Gasteiger partial charge in [-0.15, -0.1) is 0 Å². The molecule has 0 amide bonds. The molecule has 0 saturated carbocycles. The molecule has 0 atom stereocenters. The fraction of sp³-hybridized carbons (Fsp3) is 0.0556. The average Bonchev–Trinajstić information content (AvgIpc) is 3.10. The minimum atomic E-state index is -0.151. The number of nitrogens with zero attached hydrogens (tertiary/aromatic N) is 3. The monoisotopic (exact) mass is 302 g/mol. The van der Waals surface area contributed by atoms with Crippen molar-refractivity contribution in [3.8, 4) is 5.69 Å². The quantitative estimate of drug-likeness (QED) is 0.633. The largest absolute Gasteiger partial charge is 0.324 e. The molecule has 1 N–H and O–H groups in total. The molecule has 0 spiro atoms. The number of aromatic amines is 1. The van der Waals surface area contributed by atoms with Crippen molar-refractivity contribution in [1.29, 1.82) is 0 Å². The molecule has 5 nitrogen and oxygen atoms in total. The molecule has 23 heavy (non-hydrogen) atoms. The lowest BCUT2D eigenvalue weighted by Gasteiger charge is -2.06. The van der Waals surface area contributed by atoms with Crippen LogP contribution in [0.15, 0.2) is 71.9 Å². The van der Waals surface area contributed by atoms with Gasteiger partial charge in [0.2, 0.25) is 0 Å². The fourth-order valence-electron chi connectivity index (χ4n) is 2.59. The summed E-state index contributed by atoms with van der Waals surface area (Å²) in [6.45, 7) is 0. The second-order valence-corrected chi connectivity index (χ2v) is 5.32. The zero-order chi connectivity index (χ0) is 15.6. The number of hydrogen-bond acceptors (Lipinski definition) is 3. The molecule has 0 aliphatic heterocycles. The van der Waals surface area contributed by atoms with Crippen molar-refractivity contribution >= 4 is 11.0 Å². The summed E-state index contributed by atoms with van der Waals surface area (Å²) in [5.74, 6) is 0.620. The lowest BCUT2D eigenvalue weighted by molar-refractivity contribution is 0.961. The van der Waals surface area contributed by atoms with Crippen molar-refractivity contribution in [2.45, 2.75) is 6.42 Å². The third-order valence-corrected chi connectivity index (χ3v) is 3.74. The second-order valence-electron chi connectivity index (χ2n) is 5.32. The minimum Gasteiger partial charge on any atom is -0.324 e. The summed E-state index contributed by atoms with van der Waals surface area (Å²) >= 11 is 0. The summed E-state index contributed by atoms with van der Waals surface area (Å²) in [5.41, 5.74) is 2.51. The number of fused-ring (bicyclic) bond motifs is 1. The SMILES string of the molecule is O=c1[nH]c(Cc2ccc(-n3cccc3)cc2)nc2ncccc12. The van der Waals surface area contributed by atoms with E-state index in [0.29, 0.717) is 23.3 Å². The van der Waals surface area contributed by atoms with Crippen molar-refractivity contribution in [2.75, 3.05) is 0 Å². The standard InChI is InChI=1S/C18H14N4O/c23-18-15-4-3-9-19-17(15)20-16(21-18)12-13-5-7-14(8-6-13)22-10-1-2-11-22/h1-11H,12H2,(H,19,20,21,23). The average molecular weight is 302 g/mol. The van der Waals surface area contributed by atoms with E-state index in [1.807, 2.05) is 53.4 Å². The van der Waals surface area contributed by atoms with E-state index in [9.17, 15) is 4.79 Å². The van der Waals surface area contributed by atoms with Crippen molar-refractivity contribution in [1.82, 2.24) is 19.5 Å². The van der Waals surface area contributed by atoms with Gasteiger partial charge in [0.05, 0.1) is 5.39 Å². The van der Waals surface area contributed by atoms with Gasteiger partial charge in [-0.05, 0) is 42.0 Å². The number of nitrogens with one attached hydrogen (secondary N) is 1. The minimum absolute atomic E-state index is 0.151. The summed E-state index contributed by atoms with van der Waals surface area (Å²) in [6, 6.07) is 15.6. The van der Waals surface area contributed by atoms with Crippen LogP contribution < -0.4 is 5.56 Å². The molecule has 4 rings (SSSR count). The van der Waals surface area contributed by atoms with Crippen molar-refractivity contribution < 1.29 is 0 Å². The molecule has 112 valence electrons. The van der Waals surface area contributed by atoms with Crippen LogP contribution in [-0.2, 0) is 6.42 Å². The predicted molar refractivity (Wildman–Crippen MR) is 88.7 cm³/mol. The molecule has 0 aliphatic carbocycles. The van der Waals surface area contributed by atoms with E-state index in [4.69, 9.17) is 0 Å². The summed E-state index contributed by atoms with van der Waals surface area (Å²) in [7, 11) is 0. The topological polar surface area (TPSA) is 63.6 Å². The molecule has 4 aromatic rings. The van der Waals surface area contributed by atoms with Gasteiger partial charge in [0.1, 0.15) is 5.82 Å². The Morgan fingerprint density at radius 1 is 1.00 bits per heavy atom. The Labute approximate surface area is 132 Å². The first kappa shape index (κ1) is 13.5. The molecule has 3 heterocycles. The molecule has 0 fully saturated rings. The first-order chi connectivity index (χ1) is 11.3. The van der Waals surface area contributed by atoms with Crippen molar-refractivity contribution in [3.63, 3.8) is 0 Å². The van der Waals surface area contributed by atoms with Crippen LogP contribution >= 0.6 is 0 Å². The zero-order valence-corrected chi connectivity index (χ0v) is 12.3. The van der Waals surface area contributed by atoms with E-state index in [-0.39, 0.29) is 5.56 Å². The lowest BCUT2D eigenvalue weighted by atomic mass is 10.1. The van der Waals surface area contributed by atoms with E-state index in [0.717, 1.165) is 11.3 Å². The van der Waals surface area contributed by atoms with Gasteiger partial charge in [0, 0.05) is 30.7 Å². The third-order valence-electron chi connectivity index (χ3n) is 3.74. The Morgan fingerprint density at radius 3 is 2.57 bits per heavy atom. The van der Waals surface area contributed by atoms with Crippen LogP contribution in [0.2, 0.25) is 0 Å². The number of H-pyrrole nitrogens is 1. The van der Waals surface area contributed by atoms with Gasteiger partial charge in [0.15, 0.2) is 5.65 Å². The smallest absolute Gasteiger partial charge is 0.260 e. The maximum atomic E-state index is 12.1. The van der Waals surface area contributed by atoms with Gasteiger partial charge in [-0.3, -0.25) is 4.79 Å². The summed E-state index contributed by atoms with van der Waals surface area (Å²) in [5, 5.41) is 0.513. The van der Waals surface area contributed by atoms with E-state index < -0.39 is 0 Å². The van der Waals surface area contributed by atoms with Gasteiger partial charge in [-0.1, -0.05) is 12.1 Å². The molecule has 0 saturated heterocycles.